The summed E-state index contributed by atoms with van der Waals surface area (Å²) < 4.78 is 12.2. The minimum atomic E-state index is -1.24. The lowest BCUT2D eigenvalue weighted by Gasteiger charge is -2.42. The minimum Gasteiger partial charge on any atom is -0.463 e. The largest absolute Gasteiger partial charge is 0.463 e. The van der Waals surface area contributed by atoms with Gasteiger partial charge in [0, 0.05) is 23.8 Å². The molecule has 4 aliphatic rings. The second kappa shape index (κ2) is 14.8. The number of hydrogen-bond acceptors (Lipinski definition) is 7. The number of alkyl halides is 1. The average Bonchev–Trinajstić information content (AvgIpc) is 3.67. The van der Waals surface area contributed by atoms with Crippen LogP contribution in [0, 0.1) is 11.8 Å². The van der Waals surface area contributed by atoms with E-state index in [0.717, 1.165) is 37.7 Å². The molecular weight excluding hydrogens is 654 g/mol. The van der Waals surface area contributed by atoms with Crippen LogP contribution in [-0.4, -0.2) is 93.0 Å². The van der Waals surface area contributed by atoms with E-state index in [1.165, 1.54) is 4.90 Å². The molecule has 0 aromatic heterocycles. The predicted octanol–water partition coefficient (Wildman–Crippen LogP) is 3.83. The summed E-state index contributed by atoms with van der Waals surface area (Å²) in [5.41, 5.74) is -0.498. The highest BCUT2D eigenvalue weighted by atomic mass is 79.9. The van der Waals surface area contributed by atoms with Crippen molar-refractivity contribution in [3.63, 3.8) is 0 Å². The number of rotatable bonds is 14. The molecule has 1 unspecified atom stereocenters. The zero-order valence-corrected chi connectivity index (χ0v) is 28.1. The van der Waals surface area contributed by atoms with E-state index in [4.69, 9.17) is 9.47 Å². The van der Waals surface area contributed by atoms with Crippen LogP contribution in [-0.2, 0) is 28.7 Å². The molecule has 1 aromatic carbocycles. The number of benzene rings is 1. The Bertz CT molecular complexity index is 1300. The molecule has 5 rings (SSSR count). The molecule has 1 spiro atoms. The number of likely N-dealkylation sites (tertiary alicyclic amines) is 1. The fourth-order valence-electron chi connectivity index (χ4n) is 7.96. The van der Waals surface area contributed by atoms with Crippen LogP contribution in [0.1, 0.15) is 69.9 Å². The molecule has 4 fully saturated rings. The fourth-order valence-corrected chi connectivity index (χ4v) is 8.90. The number of allylic oxidation sites excluding steroid dienone is 1. The van der Waals surface area contributed by atoms with Crippen molar-refractivity contribution in [2.75, 3.05) is 19.8 Å². The molecule has 3 heterocycles. The summed E-state index contributed by atoms with van der Waals surface area (Å²) >= 11 is 3.73. The molecule has 3 amide bonds. The Morgan fingerprint density at radius 1 is 1.20 bits per heavy atom. The van der Waals surface area contributed by atoms with Crippen molar-refractivity contribution in [3.8, 4) is 0 Å². The van der Waals surface area contributed by atoms with E-state index in [0.29, 0.717) is 19.4 Å². The third-order valence-electron chi connectivity index (χ3n) is 10.1. The molecule has 8 atom stereocenters. The van der Waals surface area contributed by atoms with Gasteiger partial charge in [-0.15, -0.1) is 13.2 Å². The first-order valence-corrected chi connectivity index (χ1v) is 17.4. The second-order valence-electron chi connectivity index (χ2n) is 13.0. The summed E-state index contributed by atoms with van der Waals surface area (Å²) in [7, 11) is 0. The van der Waals surface area contributed by atoms with E-state index in [-0.39, 0.29) is 42.3 Å². The summed E-state index contributed by atoms with van der Waals surface area (Å²) in [5, 5.41) is 13.3. The normalized spacial score (nSPS) is 29.9. The van der Waals surface area contributed by atoms with E-state index >= 15 is 0 Å². The number of carbonyl (C=O) groups is 4. The number of aliphatic hydroxyl groups is 1. The molecule has 0 radical (unpaired) electrons. The maximum absolute atomic E-state index is 14.7. The molecule has 11 heteroatoms. The van der Waals surface area contributed by atoms with Gasteiger partial charge in [-0.2, -0.15) is 0 Å². The first-order valence-electron chi connectivity index (χ1n) is 16.5. The summed E-state index contributed by atoms with van der Waals surface area (Å²) in [5.74, 6) is -3.22. The van der Waals surface area contributed by atoms with Gasteiger partial charge in [0.1, 0.15) is 18.2 Å². The number of esters is 1. The summed E-state index contributed by atoms with van der Waals surface area (Å²) in [6.07, 6.45) is 8.66. The highest BCUT2D eigenvalue weighted by molar-refractivity contribution is 9.09. The number of ether oxygens (including phenoxy) is 2. The molecule has 250 valence electrons. The Labute approximate surface area is 279 Å². The number of nitrogens with zero attached hydrogens (tertiary/aromatic N) is 2. The molecule has 1 aromatic rings. The lowest BCUT2D eigenvalue weighted by Crippen LogP contribution is -2.60. The van der Waals surface area contributed by atoms with Gasteiger partial charge in [0.25, 0.3) is 0 Å². The number of nitrogens with one attached hydrogen (secondary N) is 1. The van der Waals surface area contributed by atoms with Crippen LogP contribution in [0.5, 0.6) is 0 Å². The number of halogens is 1. The molecule has 2 bridgehead atoms. The smallest absolute Gasteiger partial charge is 0.306 e. The fraction of sp³-hybridized carbons (Fsp3) is 0.600. The number of hydrogen-bond donors (Lipinski definition) is 2. The van der Waals surface area contributed by atoms with E-state index in [2.05, 4.69) is 34.4 Å². The van der Waals surface area contributed by atoms with Gasteiger partial charge in [-0.25, -0.2) is 0 Å². The summed E-state index contributed by atoms with van der Waals surface area (Å²) in [6, 6.07) is 6.92. The van der Waals surface area contributed by atoms with E-state index in [1.807, 2.05) is 35.2 Å². The van der Waals surface area contributed by atoms with Gasteiger partial charge in [-0.05, 0) is 38.2 Å². The van der Waals surface area contributed by atoms with Gasteiger partial charge in [0.15, 0.2) is 0 Å². The number of fused-ring (bicyclic) bond motifs is 1. The Hall–Kier alpha value is -3.02. The minimum absolute atomic E-state index is 0.0226. The second-order valence-corrected chi connectivity index (χ2v) is 14.2. The Kier molecular flexibility index (Phi) is 11.1. The molecule has 3 aliphatic heterocycles. The molecule has 1 aliphatic carbocycles. The Balaban J connectivity index is 1.46. The SMILES string of the molecule is C=CCCC(=O)OC[C@H](NC(=O)[C@H]1[C@@H]2O[C@@]3(CC2Br)[C@@H]1C(=O)N([C@H](C)CO)[C@@H]3C(=O)N(CC=C)C1CCCCC1)c1ccccc1. The van der Waals surface area contributed by atoms with Gasteiger partial charge in [0.2, 0.25) is 17.7 Å². The van der Waals surface area contributed by atoms with Crippen molar-refractivity contribution in [3.05, 3.63) is 61.2 Å². The van der Waals surface area contributed by atoms with Crippen molar-refractivity contribution < 1.29 is 33.8 Å². The monoisotopic (exact) mass is 699 g/mol. The maximum atomic E-state index is 14.7. The van der Waals surface area contributed by atoms with Crippen molar-refractivity contribution in [2.24, 2.45) is 11.8 Å². The van der Waals surface area contributed by atoms with Crippen LogP contribution in [0.25, 0.3) is 0 Å². The zero-order chi connectivity index (χ0) is 33.0. The van der Waals surface area contributed by atoms with Gasteiger partial charge >= 0.3 is 5.97 Å². The van der Waals surface area contributed by atoms with Crippen LogP contribution < -0.4 is 5.32 Å². The predicted molar refractivity (Wildman–Crippen MR) is 176 cm³/mol. The quantitative estimate of drug-likeness (QED) is 0.172. The van der Waals surface area contributed by atoms with Crippen molar-refractivity contribution in [2.45, 2.75) is 99.0 Å². The van der Waals surface area contributed by atoms with Crippen LogP contribution in [0.2, 0.25) is 0 Å². The molecule has 1 saturated carbocycles. The first kappa shape index (κ1) is 34.3. The number of aliphatic hydroxyl groups excluding tert-OH is 1. The molecule has 46 heavy (non-hydrogen) atoms. The number of carbonyl (C=O) groups excluding carboxylic acids is 4. The van der Waals surface area contributed by atoms with Crippen LogP contribution in [0.15, 0.2) is 55.6 Å². The van der Waals surface area contributed by atoms with Gasteiger partial charge in [-0.1, -0.05) is 77.7 Å². The van der Waals surface area contributed by atoms with Crippen LogP contribution >= 0.6 is 15.9 Å². The third kappa shape index (κ3) is 6.42. The van der Waals surface area contributed by atoms with E-state index < -0.39 is 53.5 Å². The van der Waals surface area contributed by atoms with Gasteiger partial charge in [-0.3, -0.25) is 19.2 Å². The highest BCUT2D eigenvalue weighted by Gasteiger charge is 2.77. The lowest BCUT2D eigenvalue weighted by atomic mass is 9.70. The van der Waals surface area contributed by atoms with Crippen LogP contribution in [0.3, 0.4) is 0 Å². The number of amides is 3. The summed E-state index contributed by atoms with van der Waals surface area (Å²) in [6.45, 7) is 9.17. The topological polar surface area (TPSA) is 125 Å². The highest BCUT2D eigenvalue weighted by Crippen LogP contribution is 2.60. The average molecular weight is 701 g/mol. The van der Waals surface area contributed by atoms with Crippen molar-refractivity contribution in [1.82, 2.24) is 15.1 Å². The van der Waals surface area contributed by atoms with Gasteiger partial charge < -0.3 is 29.7 Å². The Morgan fingerprint density at radius 2 is 1.91 bits per heavy atom. The van der Waals surface area contributed by atoms with Crippen molar-refractivity contribution >= 4 is 39.6 Å². The maximum Gasteiger partial charge on any atom is 0.306 e. The van der Waals surface area contributed by atoms with Crippen molar-refractivity contribution in [1.29, 1.82) is 0 Å². The van der Waals surface area contributed by atoms with Gasteiger partial charge in [0.05, 0.1) is 36.6 Å². The lowest BCUT2D eigenvalue weighted by molar-refractivity contribution is -0.152. The Morgan fingerprint density at radius 3 is 2.57 bits per heavy atom. The molecule has 10 nitrogen and oxygen atoms in total. The first-order chi connectivity index (χ1) is 22.2. The molecule has 3 saturated heterocycles. The summed E-state index contributed by atoms with van der Waals surface area (Å²) in [4.78, 5) is 58.7. The zero-order valence-electron chi connectivity index (χ0n) is 26.5. The van der Waals surface area contributed by atoms with E-state index in [1.54, 1.807) is 19.1 Å². The standard InChI is InChI=1S/C35H46BrN3O7/c1-4-6-17-27(41)45-21-26(23-13-9-7-10-14-23)37-32(42)28-29-33(43)39(22(3)20-40)31(35(29)19-25(36)30(28)46-35)34(44)38(18-5-2)24-15-11-8-12-16-24/h4-5,7,9-10,13-14,22,24-26,28-31,40H,1-2,6,8,11-12,15-21H2,3H3,(H,37,42)/t22-,25?,26+,28-,29+,30-,31-,35+/m1/s1. The molecular formula is C35H46BrN3O7. The van der Waals surface area contributed by atoms with E-state index in [9.17, 15) is 24.3 Å². The van der Waals surface area contributed by atoms with Crippen LogP contribution in [0.4, 0.5) is 0 Å². The molecule has 2 N–H and O–H groups in total. The third-order valence-corrected chi connectivity index (χ3v) is 11.0.